The highest BCUT2D eigenvalue weighted by Gasteiger charge is 2.28. The first-order valence-corrected chi connectivity index (χ1v) is 5.79. The number of carbonyl (C=O) groups excluding carboxylic acids is 2. The molecule has 6 heteroatoms. The van der Waals surface area contributed by atoms with Gasteiger partial charge in [-0.1, -0.05) is 19.1 Å². The fourth-order valence-corrected chi connectivity index (χ4v) is 1.72. The zero-order valence-electron chi connectivity index (χ0n) is 9.44. The molecular weight excluding hydrogens is 226 g/mol. The van der Waals surface area contributed by atoms with Gasteiger partial charge in [0.15, 0.2) is 0 Å². The summed E-state index contributed by atoms with van der Waals surface area (Å²) in [5.41, 5.74) is 5.36. The van der Waals surface area contributed by atoms with Crippen LogP contribution in [0, 0.1) is 0 Å². The van der Waals surface area contributed by atoms with Gasteiger partial charge in [0.2, 0.25) is 11.8 Å². The third-order valence-corrected chi connectivity index (χ3v) is 2.68. The predicted molar refractivity (Wildman–Crippen MR) is 64.9 cm³/mol. The van der Waals surface area contributed by atoms with Crippen molar-refractivity contribution in [2.24, 2.45) is 5.73 Å². The van der Waals surface area contributed by atoms with E-state index in [4.69, 9.17) is 18.0 Å². The van der Waals surface area contributed by atoms with Crippen molar-refractivity contribution in [3.05, 3.63) is 0 Å². The van der Waals surface area contributed by atoms with E-state index < -0.39 is 0 Å². The average Bonchev–Trinajstić information content (AvgIpc) is 2.21. The van der Waals surface area contributed by atoms with Gasteiger partial charge in [0.05, 0.1) is 18.1 Å². The van der Waals surface area contributed by atoms with Crippen LogP contribution < -0.4 is 5.73 Å². The number of carbonyl (C=O) groups is 2. The zero-order valence-corrected chi connectivity index (χ0v) is 10.3. The Kier molecular flexibility index (Phi) is 4.67. The van der Waals surface area contributed by atoms with Crippen LogP contribution in [0.2, 0.25) is 0 Å². The van der Waals surface area contributed by atoms with E-state index in [-0.39, 0.29) is 24.9 Å². The Hall–Kier alpha value is -1.17. The Bertz CT molecular complexity index is 306. The quantitative estimate of drug-likeness (QED) is 0.676. The Balaban J connectivity index is 2.50. The largest absolute Gasteiger partial charge is 0.393 e. The first kappa shape index (κ1) is 12.9. The van der Waals surface area contributed by atoms with Crippen molar-refractivity contribution in [2.75, 3.05) is 26.2 Å². The zero-order chi connectivity index (χ0) is 12.1. The summed E-state index contributed by atoms with van der Waals surface area (Å²) in [6.07, 6.45) is 1.34. The van der Waals surface area contributed by atoms with Crippen LogP contribution in [-0.4, -0.2) is 52.8 Å². The number of hydrogen-bond donors (Lipinski definition) is 1. The van der Waals surface area contributed by atoms with Gasteiger partial charge in [0.25, 0.3) is 0 Å². The van der Waals surface area contributed by atoms with E-state index in [1.165, 1.54) is 4.90 Å². The molecule has 0 aromatic rings. The molecule has 0 radical (unpaired) electrons. The standard InChI is InChI=1S/C10H17N3O2S/c1-2-4-12-6-10(15)13(7-9(12)14)5-3-8(11)16/h2-7H2,1H3,(H2,11,16). The third-order valence-electron chi connectivity index (χ3n) is 2.48. The Morgan fingerprint density at radius 2 is 1.75 bits per heavy atom. The predicted octanol–water partition coefficient (Wildman–Crippen LogP) is -0.257. The molecule has 90 valence electrons. The minimum absolute atomic E-state index is 0.00406. The van der Waals surface area contributed by atoms with Gasteiger partial charge in [-0.05, 0) is 6.42 Å². The smallest absolute Gasteiger partial charge is 0.242 e. The summed E-state index contributed by atoms with van der Waals surface area (Å²) in [5, 5.41) is 0. The van der Waals surface area contributed by atoms with Crippen molar-refractivity contribution in [1.29, 1.82) is 0 Å². The van der Waals surface area contributed by atoms with Crippen LogP contribution >= 0.6 is 12.2 Å². The maximum atomic E-state index is 11.7. The monoisotopic (exact) mass is 243 g/mol. The van der Waals surface area contributed by atoms with Crippen LogP contribution in [0.1, 0.15) is 19.8 Å². The van der Waals surface area contributed by atoms with Crippen molar-refractivity contribution in [3.8, 4) is 0 Å². The van der Waals surface area contributed by atoms with E-state index in [9.17, 15) is 9.59 Å². The maximum absolute atomic E-state index is 11.7. The normalized spacial score (nSPS) is 16.8. The first-order chi connectivity index (χ1) is 7.54. The summed E-state index contributed by atoms with van der Waals surface area (Å²) in [7, 11) is 0. The van der Waals surface area contributed by atoms with E-state index in [1.54, 1.807) is 4.90 Å². The van der Waals surface area contributed by atoms with E-state index in [0.717, 1.165) is 6.42 Å². The van der Waals surface area contributed by atoms with Gasteiger partial charge in [0, 0.05) is 19.5 Å². The van der Waals surface area contributed by atoms with Crippen LogP contribution in [0.3, 0.4) is 0 Å². The third kappa shape index (κ3) is 3.44. The second kappa shape index (κ2) is 5.79. The lowest BCUT2D eigenvalue weighted by molar-refractivity contribution is -0.149. The number of thiocarbonyl (C=S) groups is 1. The molecule has 5 nitrogen and oxygen atoms in total. The minimum atomic E-state index is -0.0238. The summed E-state index contributed by atoms with van der Waals surface area (Å²) in [5.74, 6) is -0.0197. The van der Waals surface area contributed by atoms with E-state index in [0.29, 0.717) is 24.5 Å². The van der Waals surface area contributed by atoms with Crippen LogP contribution in [0.4, 0.5) is 0 Å². The number of nitrogens with two attached hydrogens (primary N) is 1. The molecule has 1 heterocycles. The molecule has 0 saturated carbocycles. The van der Waals surface area contributed by atoms with Gasteiger partial charge in [-0.2, -0.15) is 0 Å². The Labute approximate surface area is 101 Å². The van der Waals surface area contributed by atoms with Crippen LogP contribution in [-0.2, 0) is 9.59 Å². The summed E-state index contributed by atoms with van der Waals surface area (Å²) < 4.78 is 0. The van der Waals surface area contributed by atoms with Crippen LogP contribution in [0.15, 0.2) is 0 Å². The lowest BCUT2D eigenvalue weighted by Crippen LogP contribution is -2.54. The molecule has 16 heavy (non-hydrogen) atoms. The highest BCUT2D eigenvalue weighted by Crippen LogP contribution is 2.06. The number of nitrogens with zero attached hydrogens (tertiary/aromatic N) is 2. The number of rotatable bonds is 5. The van der Waals surface area contributed by atoms with Crippen molar-refractivity contribution in [3.63, 3.8) is 0 Å². The minimum Gasteiger partial charge on any atom is -0.393 e. The molecule has 0 aromatic carbocycles. The molecule has 2 N–H and O–H groups in total. The maximum Gasteiger partial charge on any atom is 0.242 e. The van der Waals surface area contributed by atoms with Gasteiger partial charge in [-0.3, -0.25) is 9.59 Å². The van der Waals surface area contributed by atoms with Crippen molar-refractivity contribution in [2.45, 2.75) is 19.8 Å². The van der Waals surface area contributed by atoms with Gasteiger partial charge in [-0.15, -0.1) is 0 Å². The molecular formula is C10H17N3O2S. The first-order valence-electron chi connectivity index (χ1n) is 5.38. The van der Waals surface area contributed by atoms with Crippen LogP contribution in [0.5, 0.6) is 0 Å². The molecule has 1 aliphatic rings. The lowest BCUT2D eigenvalue weighted by Gasteiger charge is -2.33. The summed E-state index contributed by atoms with van der Waals surface area (Å²) in [6, 6.07) is 0. The van der Waals surface area contributed by atoms with E-state index >= 15 is 0 Å². The fourth-order valence-electron chi connectivity index (χ4n) is 1.63. The molecule has 1 rings (SSSR count). The Morgan fingerprint density at radius 3 is 2.19 bits per heavy atom. The van der Waals surface area contributed by atoms with Gasteiger partial charge in [0.1, 0.15) is 0 Å². The van der Waals surface area contributed by atoms with E-state index in [1.807, 2.05) is 6.92 Å². The molecule has 1 aliphatic heterocycles. The molecule has 0 spiro atoms. The highest BCUT2D eigenvalue weighted by molar-refractivity contribution is 7.80. The molecule has 1 saturated heterocycles. The topological polar surface area (TPSA) is 66.6 Å². The van der Waals surface area contributed by atoms with E-state index in [2.05, 4.69) is 0 Å². The summed E-state index contributed by atoms with van der Waals surface area (Å²) in [4.78, 5) is 26.8. The van der Waals surface area contributed by atoms with Crippen LogP contribution in [0.25, 0.3) is 0 Å². The fraction of sp³-hybridized carbons (Fsp3) is 0.700. The molecule has 0 aliphatic carbocycles. The molecule has 0 unspecified atom stereocenters. The van der Waals surface area contributed by atoms with Gasteiger partial charge >= 0.3 is 0 Å². The molecule has 2 amide bonds. The lowest BCUT2D eigenvalue weighted by atomic mass is 10.2. The number of amides is 2. The summed E-state index contributed by atoms with van der Waals surface area (Å²) >= 11 is 4.74. The average molecular weight is 243 g/mol. The molecule has 0 bridgehead atoms. The SMILES string of the molecule is CCCN1CC(=O)N(CCC(N)=S)CC1=O. The van der Waals surface area contributed by atoms with Gasteiger partial charge < -0.3 is 15.5 Å². The highest BCUT2D eigenvalue weighted by atomic mass is 32.1. The molecule has 1 fully saturated rings. The second-order valence-electron chi connectivity index (χ2n) is 3.85. The van der Waals surface area contributed by atoms with Crippen molar-refractivity contribution in [1.82, 2.24) is 9.80 Å². The second-order valence-corrected chi connectivity index (χ2v) is 4.37. The van der Waals surface area contributed by atoms with Crippen molar-refractivity contribution < 1.29 is 9.59 Å². The summed E-state index contributed by atoms with van der Waals surface area (Å²) in [6.45, 7) is 3.41. The number of piperazine rings is 1. The molecule has 0 aromatic heterocycles. The Morgan fingerprint density at radius 1 is 1.25 bits per heavy atom. The molecule has 0 atom stereocenters. The number of hydrogen-bond acceptors (Lipinski definition) is 3. The van der Waals surface area contributed by atoms with Gasteiger partial charge in [-0.25, -0.2) is 0 Å². The van der Waals surface area contributed by atoms with Crippen molar-refractivity contribution >= 4 is 29.0 Å².